The third kappa shape index (κ3) is 5.27. The van der Waals surface area contributed by atoms with Gasteiger partial charge in [-0.05, 0) is 18.2 Å². The van der Waals surface area contributed by atoms with Crippen molar-refractivity contribution in [2.45, 2.75) is 0 Å². The molecule has 3 rings (SSSR count). The van der Waals surface area contributed by atoms with Gasteiger partial charge in [-0.2, -0.15) is 0 Å². The van der Waals surface area contributed by atoms with Crippen LogP contribution in [0.3, 0.4) is 0 Å². The Morgan fingerprint density at radius 3 is 2.44 bits per heavy atom. The summed E-state index contributed by atoms with van der Waals surface area (Å²) in [5.74, 6) is 0.562. The molecule has 0 radical (unpaired) electrons. The van der Waals surface area contributed by atoms with E-state index >= 15 is 0 Å². The van der Waals surface area contributed by atoms with Crippen molar-refractivity contribution in [3.63, 3.8) is 0 Å². The van der Waals surface area contributed by atoms with Crippen molar-refractivity contribution in [2.75, 3.05) is 13.6 Å². The van der Waals surface area contributed by atoms with E-state index < -0.39 is 14.5 Å². The molecular formula is C16H16ClN3O4Se. The quantitative estimate of drug-likeness (QED) is 0.564. The summed E-state index contributed by atoms with van der Waals surface area (Å²) in [6.07, 6.45) is 0. The van der Waals surface area contributed by atoms with Crippen LogP contribution in [-0.2, 0) is 3.83 Å². The van der Waals surface area contributed by atoms with Crippen molar-refractivity contribution < 1.29 is 17.4 Å². The molecule has 0 saturated carbocycles. The fourth-order valence-corrected chi connectivity index (χ4v) is 2.52. The van der Waals surface area contributed by atoms with Crippen LogP contribution in [0.2, 0.25) is 5.02 Å². The summed E-state index contributed by atoms with van der Waals surface area (Å²) in [7, 11) is 1.66. The molecule has 0 atom stereocenters. The van der Waals surface area contributed by atoms with E-state index in [4.69, 9.17) is 23.8 Å². The van der Waals surface area contributed by atoms with Gasteiger partial charge in [0.05, 0.1) is 11.1 Å². The zero-order valence-electron chi connectivity index (χ0n) is 13.2. The van der Waals surface area contributed by atoms with Crippen molar-refractivity contribution in [2.24, 2.45) is 9.98 Å². The van der Waals surface area contributed by atoms with Crippen LogP contribution in [-0.4, -0.2) is 52.6 Å². The van der Waals surface area contributed by atoms with Gasteiger partial charge in [0.15, 0.2) is 0 Å². The average molecular weight is 429 g/mol. The molecular weight excluding hydrogens is 413 g/mol. The SMILES string of the molecule is CN=C1CN(O)C(c2ccccc2)=c2cc(Cl)ccc2=N1.O=[Se](O)O. The van der Waals surface area contributed by atoms with Crippen molar-refractivity contribution in [3.8, 4) is 0 Å². The van der Waals surface area contributed by atoms with Crippen LogP contribution in [0.5, 0.6) is 0 Å². The monoisotopic (exact) mass is 429 g/mol. The van der Waals surface area contributed by atoms with Gasteiger partial charge in [-0.15, -0.1) is 0 Å². The fourth-order valence-electron chi connectivity index (χ4n) is 2.34. The summed E-state index contributed by atoms with van der Waals surface area (Å²) < 4.78 is 23.1. The van der Waals surface area contributed by atoms with Gasteiger partial charge in [-0.3, -0.25) is 10.2 Å². The fraction of sp³-hybridized carbons (Fsp3) is 0.125. The van der Waals surface area contributed by atoms with Crippen LogP contribution in [0.1, 0.15) is 5.56 Å². The van der Waals surface area contributed by atoms with Gasteiger partial charge in [-0.25, -0.2) is 10.1 Å². The van der Waals surface area contributed by atoms with E-state index in [1.54, 1.807) is 13.1 Å². The number of fused-ring (bicyclic) bond motifs is 1. The Hall–Kier alpha value is -1.93. The minimum atomic E-state index is -3.29. The minimum absolute atomic E-state index is 0.229. The van der Waals surface area contributed by atoms with Gasteiger partial charge in [0.2, 0.25) is 0 Å². The van der Waals surface area contributed by atoms with E-state index in [-0.39, 0.29) is 6.54 Å². The summed E-state index contributed by atoms with van der Waals surface area (Å²) in [6.45, 7) is 0.229. The number of halogens is 1. The van der Waals surface area contributed by atoms with Gasteiger partial charge >= 0.3 is 26.7 Å². The Morgan fingerprint density at radius 1 is 1.20 bits per heavy atom. The molecule has 2 aromatic rings. The number of aliphatic imine (C=N–C) groups is 1. The molecule has 0 spiro atoms. The molecule has 7 nitrogen and oxygen atoms in total. The molecule has 3 N–H and O–H groups in total. The molecule has 1 aliphatic rings. The van der Waals surface area contributed by atoms with Crippen LogP contribution in [0, 0.1) is 0 Å². The first-order valence-corrected chi connectivity index (χ1v) is 9.69. The predicted molar refractivity (Wildman–Crippen MR) is 93.9 cm³/mol. The molecule has 132 valence electrons. The summed E-state index contributed by atoms with van der Waals surface area (Å²) >= 11 is 2.82. The number of nitrogens with zero attached hydrogens (tertiary/aromatic N) is 3. The zero-order valence-corrected chi connectivity index (χ0v) is 15.7. The van der Waals surface area contributed by atoms with E-state index in [0.29, 0.717) is 16.6 Å². The molecule has 0 aliphatic carbocycles. The Morgan fingerprint density at radius 2 is 1.84 bits per heavy atom. The summed E-state index contributed by atoms with van der Waals surface area (Å²) in [5.41, 5.74) is 1.58. The zero-order chi connectivity index (χ0) is 18.4. The van der Waals surface area contributed by atoms with E-state index in [0.717, 1.165) is 16.1 Å². The molecule has 0 bridgehead atoms. The topological polar surface area (TPSA) is 106 Å². The van der Waals surface area contributed by atoms with Crippen molar-refractivity contribution in [3.05, 3.63) is 69.7 Å². The van der Waals surface area contributed by atoms with Gasteiger partial charge < -0.3 is 0 Å². The summed E-state index contributed by atoms with van der Waals surface area (Å²) in [5, 5.41) is 13.8. The molecule has 0 fully saturated rings. The van der Waals surface area contributed by atoms with Crippen LogP contribution in [0.15, 0.2) is 58.5 Å². The number of hydrogen-bond donors (Lipinski definition) is 3. The number of benzene rings is 2. The Balaban J connectivity index is 0.000000511. The molecule has 2 aromatic carbocycles. The van der Waals surface area contributed by atoms with Gasteiger partial charge in [0.25, 0.3) is 0 Å². The molecule has 0 aromatic heterocycles. The number of amidine groups is 1. The second-order valence-corrected chi connectivity index (χ2v) is 6.32. The number of hydroxylamine groups is 2. The van der Waals surface area contributed by atoms with E-state index in [9.17, 15) is 5.21 Å². The molecule has 0 unspecified atom stereocenters. The molecule has 1 aliphatic heterocycles. The first kappa shape index (κ1) is 19.4. The molecule has 9 heteroatoms. The van der Waals surface area contributed by atoms with Gasteiger partial charge in [0.1, 0.15) is 12.4 Å². The average Bonchev–Trinajstić information content (AvgIpc) is 2.70. The third-order valence-corrected chi connectivity index (χ3v) is 3.55. The second kappa shape index (κ2) is 8.96. The molecule has 0 amide bonds. The van der Waals surface area contributed by atoms with Crippen molar-refractivity contribution >= 4 is 37.6 Å². The van der Waals surface area contributed by atoms with E-state index in [1.807, 2.05) is 42.5 Å². The van der Waals surface area contributed by atoms with Gasteiger partial charge in [-0.1, -0.05) is 41.9 Å². The number of rotatable bonds is 1. The van der Waals surface area contributed by atoms with Crippen LogP contribution < -0.4 is 10.6 Å². The third-order valence-electron chi connectivity index (χ3n) is 3.32. The summed E-state index contributed by atoms with van der Waals surface area (Å²) in [6, 6.07) is 15.1. The van der Waals surface area contributed by atoms with Crippen LogP contribution in [0.4, 0.5) is 0 Å². The molecule has 0 saturated heterocycles. The Bertz CT molecular complexity index is 915. The Labute approximate surface area is 153 Å². The molecule has 1 heterocycles. The molecule has 25 heavy (non-hydrogen) atoms. The summed E-state index contributed by atoms with van der Waals surface area (Å²) in [4.78, 5) is 8.60. The first-order chi connectivity index (χ1) is 11.9. The van der Waals surface area contributed by atoms with Crippen LogP contribution >= 0.6 is 11.6 Å². The maximum atomic E-state index is 10.5. The van der Waals surface area contributed by atoms with Crippen LogP contribution in [0.25, 0.3) is 5.70 Å². The predicted octanol–water partition coefficient (Wildman–Crippen LogP) is 0.236. The van der Waals surface area contributed by atoms with E-state index in [1.165, 1.54) is 5.06 Å². The van der Waals surface area contributed by atoms with Crippen molar-refractivity contribution in [1.82, 2.24) is 5.06 Å². The normalized spacial score (nSPS) is 15.2. The maximum absolute atomic E-state index is 10.5. The Kier molecular flexibility index (Phi) is 6.95. The van der Waals surface area contributed by atoms with E-state index in [2.05, 4.69) is 9.98 Å². The second-order valence-electron chi connectivity index (χ2n) is 4.92. The van der Waals surface area contributed by atoms with Crippen molar-refractivity contribution in [1.29, 1.82) is 0 Å². The standard InChI is InChI=1S/C16H14ClN3O.H2O3Se/c1-18-15-10-20(21)16(11-5-3-2-4-6-11)13-9-12(17)7-8-14(13)19-15;1-4(2)3/h2-9,21H,10H2,1H3;(H2,1,2,3). The van der Waals surface area contributed by atoms with Gasteiger partial charge in [0, 0.05) is 22.9 Å². The first-order valence-electron chi connectivity index (χ1n) is 7.08. The number of hydrogen-bond acceptors (Lipinski definition) is 4.